The lowest BCUT2D eigenvalue weighted by Crippen LogP contribution is -2.30. The number of carbonyl (C=O) groups excluding carboxylic acids is 1. The fraction of sp³-hybridized carbons (Fsp3) is 0.286. The normalized spacial score (nSPS) is 11.6. The number of likely N-dealkylation sites (N-methyl/N-ethyl adjacent to an activating group) is 1. The van der Waals surface area contributed by atoms with Crippen molar-refractivity contribution in [2.24, 2.45) is 7.05 Å². The first kappa shape index (κ1) is 17.5. The predicted molar refractivity (Wildman–Crippen MR) is 87.1 cm³/mol. The molecule has 2 rings (SSSR count). The van der Waals surface area contributed by atoms with Gasteiger partial charge in [-0.1, -0.05) is 17.7 Å². The van der Waals surface area contributed by atoms with Gasteiger partial charge in [0.2, 0.25) is 5.91 Å². The lowest BCUT2D eigenvalue weighted by atomic mass is 10.1. The molecule has 7 heteroatoms. The van der Waals surface area contributed by atoms with E-state index in [1.807, 2.05) is 32.3 Å². The van der Waals surface area contributed by atoms with Crippen LogP contribution in [0.4, 0.5) is 5.69 Å². The predicted octanol–water partition coefficient (Wildman–Crippen LogP) is 2.70. The molecule has 1 atom stereocenters. The summed E-state index contributed by atoms with van der Waals surface area (Å²) >= 11 is 6.05. The molecule has 0 aliphatic carbocycles. The van der Waals surface area contributed by atoms with Crippen LogP contribution in [-0.2, 0) is 11.8 Å². The van der Waals surface area contributed by atoms with Crippen molar-refractivity contribution in [3.8, 4) is 0 Å². The third kappa shape index (κ3) is 3.97. The second-order valence-electron chi connectivity index (χ2n) is 4.57. The number of carbonyl (C=O) groups is 1. The summed E-state index contributed by atoms with van der Waals surface area (Å²) in [7, 11) is 3.55. The van der Waals surface area contributed by atoms with E-state index < -0.39 is 6.04 Å². The van der Waals surface area contributed by atoms with Crippen molar-refractivity contribution in [1.29, 1.82) is 0 Å². The number of rotatable bonds is 4. The van der Waals surface area contributed by atoms with E-state index in [0.29, 0.717) is 10.7 Å². The van der Waals surface area contributed by atoms with Crippen LogP contribution in [0.2, 0.25) is 5.02 Å². The molecule has 0 radical (unpaired) electrons. The average Bonchev–Trinajstić information content (AvgIpc) is 2.82. The number of hydrogen-bond acceptors (Lipinski definition) is 3. The fourth-order valence-electron chi connectivity index (χ4n) is 1.99. The highest BCUT2D eigenvalue weighted by atomic mass is 35.5. The summed E-state index contributed by atoms with van der Waals surface area (Å²) in [6.07, 6.45) is 3.48. The summed E-state index contributed by atoms with van der Waals surface area (Å²) in [4.78, 5) is 12.4. The quantitative estimate of drug-likeness (QED) is 0.907. The van der Waals surface area contributed by atoms with Crippen LogP contribution in [0.25, 0.3) is 0 Å². The van der Waals surface area contributed by atoms with E-state index in [4.69, 9.17) is 11.6 Å². The summed E-state index contributed by atoms with van der Waals surface area (Å²) in [5, 5.41) is 10.6. The highest BCUT2D eigenvalue weighted by Crippen LogP contribution is 2.24. The van der Waals surface area contributed by atoms with Gasteiger partial charge < -0.3 is 10.6 Å². The van der Waals surface area contributed by atoms with Crippen LogP contribution in [0, 0.1) is 6.92 Å². The number of nitrogens with one attached hydrogen (secondary N) is 2. The van der Waals surface area contributed by atoms with Gasteiger partial charge in [-0.25, -0.2) is 0 Å². The summed E-state index contributed by atoms with van der Waals surface area (Å²) < 4.78 is 1.66. The Labute approximate surface area is 135 Å². The maximum atomic E-state index is 12.4. The molecule has 0 aliphatic heterocycles. The molecule has 1 heterocycles. The third-order valence-electron chi connectivity index (χ3n) is 3.13. The van der Waals surface area contributed by atoms with Crippen LogP contribution < -0.4 is 10.6 Å². The fourth-order valence-corrected chi connectivity index (χ4v) is 2.16. The Morgan fingerprint density at radius 2 is 2.14 bits per heavy atom. The van der Waals surface area contributed by atoms with Crippen molar-refractivity contribution in [2.75, 3.05) is 12.4 Å². The maximum absolute atomic E-state index is 12.4. The molecule has 2 aromatic rings. The molecule has 1 aromatic heterocycles. The molecule has 1 aromatic carbocycles. The lowest BCUT2D eigenvalue weighted by molar-refractivity contribution is -0.118. The van der Waals surface area contributed by atoms with Crippen molar-refractivity contribution in [3.63, 3.8) is 0 Å². The molecule has 0 saturated carbocycles. The molecule has 1 unspecified atom stereocenters. The molecule has 1 amide bonds. The minimum atomic E-state index is -0.456. The molecule has 0 aliphatic rings. The first-order valence-electron chi connectivity index (χ1n) is 6.24. The van der Waals surface area contributed by atoms with Crippen LogP contribution in [0.15, 0.2) is 30.6 Å². The van der Waals surface area contributed by atoms with Gasteiger partial charge in [-0.15, -0.1) is 12.4 Å². The van der Waals surface area contributed by atoms with Gasteiger partial charge in [0, 0.05) is 29.5 Å². The summed E-state index contributed by atoms with van der Waals surface area (Å²) in [5.41, 5.74) is 2.38. The van der Waals surface area contributed by atoms with Gasteiger partial charge in [-0.05, 0) is 31.7 Å². The van der Waals surface area contributed by atoms with E-state index >= 15 is 0 Å². The minimum absolute atomic E-state index is 0. The smallest absolute Gasteiger partial charge is 0.246 e. The zero-order valence-electron chi connectivity index (χ0n) is 12.1. The number of nitrogens with zero attached hydrogens (tertiary/aromatic N) is 2. The second kappa shape index (κ2) is 7.45. The topological polar surface area (TPSA) is 59.0 Å². The number of anilines is 1. The Morgan fingerprint density at radius 1 is 1.43 bits per heavy atom. The van der Waals surface area contributed by atoms with Crippen molar-refractivity contribution in [3.05, 3.63) is 46.7 Å². The van der Waals surface area contributed by atoms with Gasteiger partial charge in [0.15, 0.2) is 0 Å². The van der Waals surface area contributed by atoms with Gasteiger partial charge in [-0.2, -0.15) is 5.10 Å². The molecule has 0 bridgehead atoms. The molecule has 0 spiro atoms. The Bertz CT molecular complexity index is 627. The molecule has 2 N–H and O–H groups in total. The second-order valence-corrected chi connectivity index (χ2v) is 4.98. The first-order valence-corrected chi connectivity index (χ1v) is 6.62. The van der Waals surface area contributed by atoms with Crippen LogP contribution in [0.1, 0.15) is 17.2 Å². The lowest BCUT2D eigenvalue weighted by Gasteiger charge is -2.16. The summed E-state index contributed by atoms with van der Waals surface area (Å²) in [6.45, 7) is 1.87. The standard InChI is InChI=1S/C14H17ClN4O.ClH/c1-9-11(15)5-4-6-12(9)18-14(20)13(16-2)10-7-17-19(3)8-10;/h4-8,13,16H,1-3H3,(H,18,20);1H. The number of aromatic nitrogens is 2. The minimum Gasteiger partial charge on any atom is -0.324 e. The monoisotopic (exact) mass is 328 g/mol. The van der Waals surface area contributed by atoms with Crippen LogP contribution in [-0.4, -0.2) is 22.7 Å². The molecular formula is C14H18Cl2N4O. The Balaban J connectivity index is 0.00000220. The number of halogens is 2. The van der Waals surface area contributed by atoms with E-state index in [2.05, 4.69) is 15.7 Å². The number of hydrogen-bond donors (Lipinski definition) is 2. The van der Waals surface area contributed by atoms with E-state index in [0.717, 1.165) is 11.1 Å². The van der Waals surface area contributed by atoms with Gasteiger partial charge in [-0.3, -0.25) is 9.48 Å². The van der Waals surface area contributed by atoms with Crippen molar-refractivity contribution < 1.29 is 4.79 Å². The SMILES string of the molecule is CNC(C(=O)Nc1cccc(Cl)c1C)c1cnn(C)c1.Cl. The van der Waals surface area contributed by atoms with E-state index in [1.54, 1.807) is 24.0 Å². The number of aryl methyl sites for hydroxylation is 1. The van der Waals surface area contributed by atoms with E-state index in [1.165, 1.54) is 0 Å². The zero-order valence-corrected chi connectivity index (χ0v) is 13.6. The third-order valence-corrected chi connectivity index (χ3v) is 3.54. The Hall–Kier alpha value is -1.56. The molecule has 0 saturated heterocycles. The number of amides is 1. The van der Waals surface area contributed by atoms with Gasteiger partial charge in [0.1, 0.15) is 6.04 Å². The van der Waals surface area contributed by atoms with Crippen LogP contribution in [0.3, 0.4) is 0 Å². The number of benzene rings is 1. The van der Waals surface area contributed by atoms with Gasteiger partial charge in [0.05, 0.1) is 6.20 Å². The molecule has 5 nitrogen and oxygen atoms in total. The van der Waals surface area contributed by atoms with Crippen LogP contribution >= 0.6 is 24.0 Å². The Kier molecular flexibility index (Phi) is 6.20. The summed E-state index contributed by atoms with van der Waals surface area (Å²) in [6, 6.07) is 4.98. The maximum Gasteiger partial charge on any atom is 0.246 e. The van der Waals surface area contributed by atoms with E-state index in [9.17, 15) is 4.79 Å². The Morgan fingerprint density at radius 3 is 2.71 bits per heavy atom. The highest BCUT2D eigenvalue weighted by Gasteiger charge is 2.20. The van der Waals surface area contributed by atoms with Crippen LogP contribution in [0.5, 0.6) is 0 Å². The van der Waals surface area contributed by atoms with Crippen molar-refractivity contribution >= 4 is 35.6 Å². The van der Waals surface area contributed by atoms with Crippen molar-refractivity contribution in [1.82, 2.24) is 15.1 Å². The zero-order chi connectivity index (χ0) is 14.7. The largest absolute Gasteiger partial charge is 0.324 e. The molecule has 21 heavy (non-hydrogen) atoms. The average molecular weight is 329 g/mol. The molecule has 0 fully saturated rings. The highest BCUT2D eigenvalue weighted by molar-refractivity contribution is 6.31. The van der Waals surface area contributed by atoms with Crippen molar-refractivity contribution in [2.45, 2.75) is 13.0 Å². The van der Waals surface area contributed by atoms with E-state index in [-0.39, 0.29) is 18.3 Å². The van der Waals surface area contributed by atoms with Gasteiger partial charge >= 0.3 is 0 Å². The summed E-state index contributed by atoms with van der Waals surface area (Å²) in [5.74, 6) is -0.147. The first-order chi connectivity index (χ1) is 9.52. The molecule has 114 valence electrons. The van der Waals surface area contributed by atoms with Gasteiger partial charge in [0.25, 0.3) is 0 Å². The molecular weight excluding hydrogens is 311 g/mol.